The first-order chi connectivity index (χ1) is 4.47. The second-order valence-electron chi connectivity index (χ2n) is 3.44. The van der Waals surface area contributed by atoms with Crippen molar-refractivity contribution in [2.75, 3.05) is 0 Å². The molecule has 0 spiro atoms. The molecule has 4 atom stereocenters. The highest BCUT2D eigenvalue weighted by Crippen LogP contribution is 2.60. The molecule has 3 aliphatic carbocycles. The van der Waals surface area contributed by atoms with Crippen molar-refractivity contribution in [3.8, 4) is 0 Å². The first-order valence-electron chi connectivity index (χ1n) is 3.82. The van der Waals surface area contributed by atoms with Crippen molar-refractivity contribution in [1.29, 1.82) is 0 Å². The fraction of sp³-hybridized carbons (Fsp3) is 0.556. The monoisotopic (exact) mass is 118 g/mol. The number of allylic oxidation sites excluding steroid dienone is 4. The lowest BCUT2D eigenvalue weighted by Gasteiger charge is -2.10. The normalized spacial score (nSPS) is 57.8. The van der Waals surface area contributed by atoms with Crippen LogP contribution in [-0.2, 0) is 0 Å². The first-order valence-corrected chi connectivity index (χ1v) is 3.82. The van der Waals surface area contributed by atoms with E-state index in [4.69, 9.17) is 0 Å². The van der Waals surface area contributed by atoms with Gasteiger partial charge in [-0.2, -0.15) is 0 Å². The topological polar surface area (TPSA) is 0 Å². The van der Waals surface area contributed by atoms with Crippen LogP contribution in [0.5, 0.6) is 0 Å². The van der Waals surface area contributed by atoms with E-state index in [1.165, 1.54) is 6.42 Å². The van der Waals surface area contributed by atoms with Crippen molar-refractivity contribution in [2.45, 2.75) is 6.42 Å². The molecule has 0 bridgehead atoms. The molecular weight excluding hydrogens is 108 g/mol. The van der Waals surface area contributed by atoms with Gasteiger partial charge in [0.25, 0.3) is 0 Å². The van der Waals surface area contributed by atoms with Crippen LogP contribution >= 0.6 is 0 Å². The van der Waals surface area contributed by atoms with Gasteiger partial charge in [0.15, 0.2) is 0 Å². The number of hydrogen-bond acceptors (Lipinski definition) is 0. The minimum absolute atomic E-state index is 0.935. The Bertz CT molecular complexity index is 200. The van der Waals surface area contributed by atoms with Gasteiger partial charge in [-0.1, -0.05) is 24.3 Å². The van der Waals surface area contributed by atoms with Gasteiger partial charge in [0.1, 0.15) is 0 Å². The molecule has 0 aliphatic heterocycles. The van der Waals surface area contributed by atoms with Crippen molar-refractivity contribution in [1.82, 2.24) is 0 Å². The van der Waals surface area contributed by atoms with E-state index in [0.29, 0.717) is 0 Å². The minimum Gasteiger partial charge on any atom is -0.0876 e. The van der Waals surface area contributed by atoms with Crippen molar-refractivity contribution in [2.24, 2.45) is 23.7 Å². The predicted molar refractivity (Wildman–Crippen MR) is 36.9 cm³/mol. The second-order valence-corrected chi connectivity index (χ2v) is 3.44. The molecule has 0 saturated heterocycles. The van der Waals surface area contributed by atoms with Gasteiger partial charge in [0.2, 0.25) is 0 Å². The van der Waals surface area contributed by atoms with E-state index in [-0.39, 0.29) is 0 Å². The molecule has 46 valence electrons. The van der Waals surface area contributed by atoms with Crippen LogP contribution in [0.2, 0.25) is 0 Å². The van der Waals surface area contributed by atoms with Gasteiger partial charge < -0.3 is 0 Å². The zero-order valence-corrected chi connectivity index (χ0v) is 5.33. The average molecular weight is 118 g/mol. The zero-order valence-electron chi connectivity index (χ0n) is 5.33. The number of fused-ring (bicyclic) bond motifs is 1. The van der Waals surface area contributed by atoms with Crippen LogP contribution in [0.1, 0.15) is 6.42 Å². The molecule has 0 unspecified atom stereocenters. The molecule has 0 aromatic heterocycles. The van der Waals surface area contributed by atoms with Crippen LogP contribution in [0, 0.1) is 23.7 Å². The summed E-state index contributed by atoms with van der Waals surface area (Å²) in [4.78, 5) is 0. The molecule has 1 fully saturated rings. The van der Waals surface area contributed by atoms with E-state index in [2.05, 4.69) is 24.3 Å². The van der Waals surface area contributed by atoms with Crippen LogP contribution in [0.4, 0.5) is 0 Å². The van der Waals surface area contributed by atoms with Gasteiger partial charge in [-0.05, 0) is 30.1 Å². The van der Waals surface area contributed by atoms with Crippen LogP contribution < -0.4 is 0 Å². The lowest BCUT2D eigenvalue weighted by atomic mass is 9.95. The molecule has 0 nitrogen and oxygen atoms in total. The smallest absolute Gasteiger partial charge is 0.0127 e. The summed E-state index contributed by atoms with van der Waals surface area (Å²) in [5.41, 5.74) is 0. The summed E-state index contributed by atoms with van der Waals surface area (Å²) in [6, 6.07) is 0. The van der Waals surface area contributed by atoms with E-state index >= 15 is 0 Å². The van der Waals surface area contributed by atoms with Crippen molar-refractivity contribution < 1.29 is 0 Å². The number of rotatable bonds is 0. The highest BCUT2D eigenvalue weighted by atomic mass is 14.6. The lowest BCUT2D eigenvalue weighted by Crippen LogP contribution is -2.00. The molecule has 9 heavy (non-hydrogen) atoms. The molecule has 0 aromatic rings. The van der Waals surface area contributed by atoms with Gasteiger partial charge in [-0.3, -0.25) is 0 Å². The summed E-state index contributed by atoms with van der Waals surface area (Å²) < 4.78 is 0. The van der Waals surface area contributed by atoms with Crippen molar-refractivity contribution in [3.63, 3.8) is 0 Å². The maximum atomic E-state index is 2.42. The first kappa shape index (κ1) is 4.32. The third-order valence-electron chi connectivity index (χ3n) is 3.03. The fourth-order valence-corrected chi connectivity index (χ4v) is 2.50. The van der Waals surface area contributed by atoms with E-state index in [1.807, 2.05) is 0 Å². The van der Waals surface area contributed by atoms with Gasteiger partial charge in [-0.15, -0.1) is 0 Å². The van der Waals surface area contributed by atoms with Crippen molar-refractivity contribution in [3.05, 3.63) is 24.3 Å². The molecule has 0 heteroatoms. The fourth-order valence-electron chi connectivity index (χ4n) is 2.50. The molecule has 3 rings (SSSR count). The van der Waals surface area contributed by atoms with E-state index in [1.54, 1.807) is 0 Å². The Hall–Kier alpha value is -0.520. The van der Waals surface area contributed by atoms with Crippen LogP contribution in [0.25, 0.3) is 0 Å². The molecule has 0 aromatic carbocycles. The molecule has 3 aliphatic rings. The maximum absolute atomic E-state index is 2.42. The lowest BCUT2D eigenvalue weighted by molar-refractivity contribution is 0.546. The molecular formula is C9H10. The summed E-state index contributed by atoms with van der Waals surface area (Å²) in [5, 5.41) is 0. The molecule has 0 N–H and O–H groups in total. The Morgan fingerprint density at radius 3 is 2.67 bits per heavy atom. The molecule has 0 radical (unpaired) electrons. The minimum atomic E-state index is 0.935. The summed E-state index contributed by atoms with van der Waals surface area (Å²) in [6.45, 7) is 0. The molecule has 1 saturated carbocycles. The second kappa shape index (κ2) is 1.16. The largest absolute Gasteiger partial charge is 0.0876 e. The van der Waals surface area contributed by atoms with Crippen LogP contribution in [-0.4, -0.2) is 0 Å². The average Bonchev–Trinajstić information content (AvgIpc) is 2.35. The standard InChI is InChI=1S/C9H10/c1-2-6-4-5-8-7(3-1)9(6)8/h1,3-9H,2H2/t6-,7-,8-,9+/m0/s1. The van der Waals surface area contributed by atoms with Gasteiger partial charge in [0, 0.05) is 0 Å². The third-order valence-corrected chi connectivity index (χ3v) is 3.03. The Kier molecular flexibility index (Phi) is 0.555. The molecule has 0 heterocycles. The van der Waals surface area contributed by atoms with Gasteiger partial charge in [0.05, 0.1) is 0 Å². The Balaban J connectivity index is 2.08. The number of hydrogen-bond donors (Lipinski definition) is 0. The zero-order chi connectivity index (χ0) is 5.84. The highest BCUT2D eigenvalue weighted by Gasteiger charge is 2.54. The van der Waals surface area contributed by atoms with Gasteiger partial charge >= 0.3 is 0 Å². The van der Waals surface area contributed by atoms with E-state index < -0.39 is 0 Å². The van der Waals surface area contributed by atoms with Crippen LogP contribution in [0.15, 0.2) is 24.3 Å². The highest BCUT2D eigenvalue weighted by molar-refractivity contribution is 5.28. The van der Waals surface area contributed by atoms with E-state index in [0.717, 1.165) is 23.7 Å². The SMILES string of the molecule is C1=C[C@H]2[C@@H]3C=C[C@H](C1)[C@H]23. The van der Waals surface area contributed by atoms with Crippen molar-refractivity contribution >= 4 is 0 Å². The summed E-state index contributed by atoms with van der Waals surface area (Å²) in [7, 11) is 0. The summed E-state index contributed by atoms with van der Waals surface area (Å²) in [5.74, 6) is 3.92. The quantitative estimate of drug-likeness (QED) is 0.427. The maximum Gasteiger partial charge on any atom is -0.0127 e. The summed E-state index contributed by atoms with van der Waals surface area (Å²) >= 11 is 0. The van der Waals surface area contributed by atoms with Gasteiger partial charge in [-0.25, -0.2) is 0 Å². The predicted octanol–water partition coefficient (Wildman–Crippen LogP) is 1.99. The van der Waals surface area contributed by atoms with Crippen LogP contribution in [0.3, 0.4) is 0 Å². The molecule has 0 amide bonds. The Morgan fingerprint density at radius 2 is 1.89 bits per heavy atom. The summed E-state index contributed by atoms with van der Waals surface area (Å²) in [6.07, 6.45) is 10.9. The van der Waals surface area contributed by atoms with E-state index in [9.17, 15) is 0 Å². The third kappa shape index (κ3) is 0.375. The Morgan fingerprint density at radius 1 is 1.00 bits per heavy atom. The Labute approximate surface area is 55.3 Å².